The Kier molecular flexibility index (Phi) is 2.42. The molecule has 86 valence electrons. The van der Waals surface area contributed by atoms with Crippen LogP contribution in [0.2, 0.25) is 0 Å². The van der Waals surface area contributed by atoms with Crippen LogP contribution in [0.3, 0.4) is 0 Å². The summed E-state index contributed by atoms with van der Waals surface area (Å²) in [6.07, 6.45) is 4.33. The van der Waals surface area contributed by atoms with Crippen molar-refractivity contribution in [1.29, 1.82) is 0 Å². The number of para-hydroxylation sites is 1. The van der Waals surface area contributed by atoms with Crippen LogP contribution in [-0.2, 0) is 6.42 Å². The van der Waals surface area contributed by atoms with Gasteiger partial charge in [-0.25, -0.2) is 4.98 Å². The highest BCUT2D eigenvalue weighted by Crippen LogP contribution is 2.26. The summed E-state index contributed by atoms with van der Waals surface area (Å²) in [7, 11) is 0. The van der Waals surface area contributed by atoms with E-state index in [0.29, 0.717) is 6.42 Å². The molecule has 0 aliphatic heterocycles. The molecule has 0 radical (unpaired) electrons. The number of benzene rings is 1. The Morgan fingerprint density at radius 1 is 1.24 bits per heavy atom. The van der Waals surface area contributed by atoms with E-state index in [1.165, 1.54) is 0 Å². The Balaban J connectivity index is 2.07. The molecular weight excluding hydrogens is 214 g/mol. The predicted octanol–water partition coefficient (Wildman–Crippen LogP) is 2.09. The first-order valence-electron chi connectivity index (χ1n) is 5.59. The molecule has 0 atom stereocenters. The predicted molar refractivity (Wildman–Crippen MR) is 66.7 cm³/mol. The number of fused-ring (bicyclic) bond motifs is 1. The zero-order valence-corrected chi connectivity index (χ0v) is 9.27. The lowest BCUT2D eigenvalue weighted by atomic mass is 10.2. The summed E-state index contributed by atoms with van der Waals surface area (Å²) in [5.41, 5.74) is 3.11. The molecule has 4 heteroatoms. The zero-order chi connectivity index (χ0) is 11.7. The number of hydrogen-bond donors (Lipinski definition) is 3. The molecule has 0 bridgehead atoms. The first-order chi connectivity index (χ1) is 8.38. The van der Waals surface area contributed by atoms with Crippen LogP contribution in [0.5, 0.6) is 0 Å². The summed E-state index contributed by atoms with van der Waals surface area (Å²) in [6, 6.07) is 8.12. The number of aliphatic hydroxyl groups is 1. The van der Waals surface area contributed by atoms with Gasteiger partial charge in [-0.2, -0.15) is 0 Å². The Hall–Kier alpha value is -2.07. The highest BCUT2D eigenvalue weighted by atomic mass is 16.3. The van der Waals surface area contributed by atoms with E-state index in [9.17, 15) is 0 Å². The molecule has 0 saturated heterocycles. The minimum atomic E-state index is 0.134. The van der Waals surface area contributed by atoms with E-state index >= 15 is 0 Å². The van der Waals surface area contributed by atoms with Gasteiger partial charge in [-0.1, -0.05) is 18.2 Å². The summed E-state index contributed by atoms with van der Waals surface area (Å²) in [6.45, 7) is 0.134. The number of aromatic amines is 2. The number of aliphatic hydroxyl groups excluding tert-OH is 1. The molecule has 0 spiro atoms. The molecule has 0 amide bonds. The topological polar surface area (TPSA) is 64.7 Å². The van der Waals surface area contributed by atoms with Crippen LogP contribution in [-0.4, -0.2) is 26.7 Å². The van der Waals surface area contributed by atoms with Crippen LogP contribution < -0.4 is 0 Å². The van der Waals surface area contributed by atoms with Crippen molar-refractivity contribution < 1.29 is 5.11 Å². The van der Waals surface area contributed by atoms with Gasteiger partial charge in [0.1, 0.15) is 5.82 Å². The number of nitrogens with zero attached hydrogens (tertiary/aromatic N) is 1. The maximum Gasteiger partial charge on any atom is 0.139 e. The normalized spacial score (nSPS) is 11.1. The molecule has 0 saturated carbocycles. The second kappa shape index (κ2) is 4.07. The lowest BCUT2D eigenvalue weighted by Crippen LogP contribution is -1.89. The highest BCUT2D eigenvalue weighted by Gasteiger charge is 2.08. The highest BCUT2D eigenvalue weighted by molar-refractivity contribution is 5.93. The van der Waals surface area contributed by atoms with Gasteiger partial charge in [0.2, 0.25) is 0 Å². The van der Waals surface area contributed by atoms with Crippen molar-refractivity contribution >= 4 is 10.9 Å². The van der Waals surface area contributed by atoms with Gasteiger partial charge in [0, 0.05) is 47.6 Å². The van der Waals surface area contributed by atoms with Crippen LogP contribution in [0.1, 0.15) is 5.69 Å². The first-order valence-corrected chi connectivity index (χ1v) is 5.59. The van der Waals surface area contributed by atoms with E-state index in [-0.39, 0.29) is 6.61 Å². The van der Waals surface area contributed by atoms with Gasteiger partial charge in [0.05, 0.1) is 0 Å². The van der Waals surface area contributed by atoms with Crippen molar-refractivity contribution in [2.24, 2.45) is 0 Å². The SMILES string of the molecule is OCCc1cnc(-c2c[nH]c3ccccc23)[nH]1. The first kappa shape index (κ1) is 10.1. The molecule has 0 aliphatic rings. The molecule has 3 N–H and O–H groups in total. The smallest absolute Gasteiger partial charge is 0.139 e. The Morgan fingerprint density at radius 2 is 2.12 bits per heavy atom. The Labute approximate surface area is 98.3 Å². The van der Waals surface area contributed by atoms with Crippen molar-refractivity contribution in [3.63, 3.8) is 0 Å². The largest absolute Gasteiger partial charge is 0.396 e. The van der Waals surface area contributed by atoms with E-state index in [2.05, 4.69) is 21.0 Å². The quantitative estimate of drug-likeness (QED) is 0.641. The van der Waals surface area contributed by atoms with Crippen molar-refractivity contribution in [2.75, 3.05) is 6.61 Å². The van der Waals surface area contributed by atoms with Crippen molar-refractivity contribution in [3.8, 4) is 11.4 Å². The molecule has 17 heavy (non-hydrogen) atoms. The lowest BCUT2D eigenvalue weighted by molar-refractivity contribution is 0.298. The van der Waals surface area contributed by atoms with Gasteiger partial charge in [-0.15, -0.1) is 0 Å². The second-order valence-electron chi connectivity index (χ2n) is 3.98. The molecule has 4 nitrogen and oxygen atoms in total. The molecule has 3 aromatic rings. The van der Waals surface area contributed by atoms with Crippen LogP contribution >= 0.6 is 0 Å². The van der Waals surface area contributed by atoms with E-state index in [1.807, 2.05) is 24.4 Å². The maximum absolute atomic E-state index is 8.88. The fourth-order valence-electron chi connectivity index (χ4n) is 2.01. The summed E-state index contributed by atoms with van der Waals surface area (Å²) in [4.78, 5) is 10.8. The fourth-order valence-corrected chi connectivity index (χ4v) is 2.01. The van der Waals surface area contributed by atoms with Crippen molar-refractivity contribution in [2.45, 2.75) is 6.42 Å². The fraction of sp³-hybridized carbons (Fsp3) is 0.154. The Morgan fingerprint density at radius 3 is 3.00 bits per heavy atom. The van der Waals surface area contributed by atoms with Crippen molar-refractivity contribution in [1.82, 2.24) is 15.0 Å². The summed E-state index contributed by atoms with van der Waals surface area (Å²) < 4.78 is 0. The monoisotopic (exact) mass is 227 g/mol. The third-order valence-corrected chi connectivity index (χ3v) is 2.85. The summed E-state index contributed by atoms with van der Waals surface area (Å²) in [5, 5.41) is 10.0. The molecule has 2 heterocycles. The number of nitrogens with one attached hydrogen (secondary N) is 2. The molecule has 3 rings (SSSR count). The third-order valence-electron chi connectivity index (χ3n) is 2.85. The molecule has 0 fully saturated rings. The molecule has 0 unspecified atom stereocenters. The average molecular weight is 227 g/mol. The zero-order valence-electron chi connectivity index (χ0n) is 9.27. The molecule has 0 aliphatic carbocycles. The second-order valence-corrected chi connectivity index (χ2v) is 3.98. The van der Waals surface area contributed by atoms with Crippen LogP contribution in [0.15, 0.2) is 36.7 Å². The number of imidazole rings is 1. The van der Waals surface area contributed by atoms with E-state index in [1.54, 1.807) is 6.20 Å². The van der Waals surface area contributed by atoms with E-state index < -0.39 is 0 Å². The van der Waals surface area contributed by atoms with E-state index in [4.69, 9.17) is 5.11 Å². The third kappa shape index (κ3) is 1.72. The van der Waals surface area contributed by atoms with Crippen LogP contribution in [0, 0.1) is 0 Å². The van der Waals surface area contributed by atoms with Gasteiger partial charge in [-0.3, -0.25) is 0 Å². The van der Waals surface area contributed by atoms with E-state index in [0.717, 1.165) is 28.0 Å². The minimum absolute atomic E-state index is 0.134. The number of H-pyrrole nitrogens is 2. The number of aromatic nitrogens is 3. The van der Waals surface area contributed by atoms with Gasteiger partial charge in [-0.05, 0) is 6.07 Å². The standard InChI is InChI=1S/C13H13N3O/c17-6-5-9-7-15-13(16-9)11-8-14-12-4-2-1-3-10(11)12/h1-4,7-8,14,17H,5-6H2,(H,15,16). The molecular formula is C13H13N3O. The van der Waals surface area contributed by atoms with Gasteiger partial charge in [0.15, 0.2) is 0 Å². The summed E-state index contributed by atoms with van der Waals surface area (Å²) in [5.74, 6) is 0.839. The maximum atomic E-state index is 8.88. The van der Waals surface area contributed by atoms with Gasteiger partial charge < -0.3 is 15.1 Å². The molecule has 2 aromatic heterocycles. The van der Waals surface area contributed by atoms with Crippen LogP contribution in [0.4, 0.5) is 0 Å². The average Bonchev–Trinajstić information content (AvgIpc) is 2.95. The molecule has 1 aromatic carbocycles. The summed E-state index contributed by atoms with van der Waals surface area (Å²) >= 11 is 0. The minimum Gasteiger partial charge on any atom is -0.396 e. The van der Waals surface area contributed by atoms with Crippen molar-refractivity contribution in [3.05, 3.63) is 42.4 Å². The number of rotatable bonds is 3. The Bertz CT molecular complexity index is 639. The number of hydrogen-bond acceptors (Lipinski definition) is 2. The van der Waals surface area contributed by atoms with Gasteiger partial charge >= 0.3 is 0 Å². The lowest BCUT2D eigenvalue weighted by Gasteiger charge is -1.94. The van der Waals surface area contributed by atoms with Crippen LogP contribution in [0.25, 0.3) is 22.3 Å². The van der Waals surface area contributed by atoms with Gasteiger partial charge in [0.25, 0.3) is 0 Å².